The van der Waals surface area contributed by atoms with E-state index >= 15 is 0 Å². The van der Waals surface area contributed by atoms with Crippen molar-refractivity contribution in [2.75, 3.05) is 27.0 Å². The number of ketones is 2. The second-order valence-electron chi connectivity index (χ2n) is 11.9. The Balaban J connectivity index is 1.31. The molecule has 1 aliphatic carbocycles. The summed E-state index contributed by atoms with van der Waals surface area (Å²) in [5.74, 6) is -3.08. The molecule has 3 aromatic carbocycles. The number of hydrogen-bond acceptors (Lipinski definition) is 12. The fourth-order valence-corrected chi connectivity index (χ4v) is 7.12. The topological polar surface area (TPSA) is 170 Å². The average molecular weight is 720 g/mol. The van der Waals surface area contributed by atoms with Crippen LogP contribution in [0.2, 0.25) is 5.02 Å². The number of Topliss-reactive ketones (excluding diaryl/α,β-unsaturated/α-hetero) is 2. The summed E-state index contributed by atoms with van der Waals surface area (Å²) in [7, 11) is 2.79. The van der Waals surface area contributed by atoms with Crippen LogP contribution in [0, 0.1) is 5.92 Å². The lowest BCUT2D eigenvalue weighted by molar-refractivity contribution is -0.121. The molecule has 3 atom stereocenters. The number of benzene rings is 3. The van der Waals surface area contributed by atoms with Crippen LogP contribution in [0.5, 0.6) is 23.0 Å². The molecular weight excluding hydrogens is 686 g/mol. The highest BCUT2D eigenvalue weighted by Crippen LogP contribution is 2.55. The molecule has 1 aliphatic heterocycles. The van der Waals surface area contributed by atoms with Gasteiger partial charge in [-0.1, -0.05) is 42.8 Å². The highest BCUT2D eigenvalue weighted by Gasteiger charge is 2.61. The van der Waals surface area contributed by atoms with E-state index in [2.05, 4.69) is 15.5 Å². The van der Waals surface area contributed by atoms with Crippen molar-refractivity contribution in [3.8, 4) is 34.5 Å². The molecule has 2 aliphatic rings. The van der Waals surface area contributed by atoms with E-state index in [4.69, 9.17) is 30.2 Å². The summed E-state index contributed by atoms with van der Waals surface area (Å²) in [4.78, 5) is 42.6. The van der Waals surface area contributed by atoms with Gasteiger partial charge in [0.2, 0.25) is 23.2 Å². The zero-order valence-electron chi connectivity index (χ0n) is 27.6. The minimum absolute atomic E-state index is 0.00542. The number of halogens is 1. The Morgan fingerprint density at radius 1 is 1.10 bits per heavy atom. The second kappa shape index (κ2) is 14.1. The lowest BCUT2D eigenvalue weighted by Crippen LogP contribution is -2.53. The SMILES string of the molecule is COc1cc(OC)c2c(c1Cl)O[C@]1(C2=O)C(O)=C(C(CC(=O)NCCc2nnc(-c3ccccc3O)o2)c2ccc(SC)cc2)C(=O)C[C@H]1C. The van der Waals surface area contributed by atoms with Gasteiger partial charge in [0, 0.05) is 54.2 Å². The number of nitrogens with zero attached hydrogens (tertiary/aromatic N) is 2. The van der Waals surface area contributed by atoms with Crippen molar-refractivity contribution in [3.63, 3.8) is 0 Å². The summed E-state index contributed by atoms with van der Waals surface area (Å²) in [6.45, 7) is 1.76. The summed E-state index contributed by atoms with van der Waals surface area (Å²) in [5.41, 5.74) is -1.10. The second-order valence-corrected chi connectivity index (χ2v) is 13.2. The lowest BCUT2D eigenvalue weighted by Gasteiger charge is -2.38. The number of fused-ring (bicyclic) bond motifs is 1. The predicted molar refractivity (Wildman–Crippen MR) is 184 cm³/mol. The fourth-order valence-electron chi connectivity index (χ4n) is 6.45. The van der Waals surface area contributed by atoms with Crippen LogP contribution in [-0.4, -0.2) is 70.5 Å². The first kappa shape index (κ1) is 34.8. The number of aliphatic hydroxyl groups excluding tert-OH is 1. The lowest BCUT2D eigenvalue weighted by atomic mass is 9.69. The molecule has 1 aromatic heterocycles. The van der Waals surface area contributed by atoms with Gasteiger partial charge in [-0.05, 0) is 36.1 Å². The third kappa shape index (κ3) is 6.04. The third-order valence-corrected chi connectivity index (χ3v) is 10.1. The molecule has 0 bridgehead atoms. The van der Waals surface area contributed by atoms with Gasteiger partial charge in [0.05, 0.1) is 19.8 Å². The van der Waals surface area contributed by atoms with Gasteiger partial charge in [0.1, 0.15) is 27.8 Å². The Hall–Kier alpha value is -5.01. The quantitative estimate of drug-likeness (QED) is 0.152. The van der Waals surface area contributed by atoms with Gasteiger partial charge in [-0.15, -0.1) is 22.0 Å². The zero-order valence-corrected chi connectivity index (χ0v) is 29.2. The molecule has 3 N–H and O–H groups in total. The Morgan fingerprint density at radius 2 is 1.82 bits per heavy atom. The molecule has 0 saturated heterocycles. The normalized spacial score (nSPS) is 18.9. The molecule has 1 unspecified atom stereocenters. The van der Waals surface area contributed by atoms with Crippen LogP contribution in [0.1, 0.15) is 47.5 Å². The maximum absolute atomic E-state index is 14.3. The number of para-hydroxylation sites is 1. The van der Waals surface area contributed by atoms with Crippen molar-refractivity contribution in [2.24, 2.45) is 5.92 Å². The van der Waals surface area contributed by atoms with Gasteiger partial charge >= 0.3 is 0 Å². The average Bonchev–Trinajstić information content (AvgIpc) is 3.71. The number of thioether (sulfide) groups is 1. The number of nitrogens with one attached hydrogen (secondary N) is 1. The molecule has 14 heteroatoms. The minimum atomic E-state index is -1.99. The predicted octanol–water partition coefficient (Wildman–Crippen LogP) is 6.10. The Labute approximate surface area is 296 Å². The van der Waals surface area contributed by atoms with Gasteiger partial charge in [-0.25, -0.2) is 0 Å². The smallest absolute Gasteiger partial charge is 0.251 e. The van der Waals surface area contributed by atoms with E-state index in [1.54, 1.807) is 37.3 Å². The largest absolute Gasteiger partial charge is 0.507 e. The highest BCUT2D eigenvalue weighted by molar-refractivity contribution is 7.98. The van der Waals surface area contributed by atoms with E-state index in [0.29, 0.717) is 11.1 Å². The van der Waals surface area contributed by atoms with Crippen molar-refractivity contribution in [1.82, 2.24) is 15.5 Å². The minimum Gasteiger partial charge on any atom is -0.507 e. The number of carbonyl (C=O) groups is 3. The number of phenols is 1. The van der Waals surface area contributed by atoms with Crippen molar-refractivity contribution >= 4 is 40.8 Å². The molecule has 2 heterocycles. The summed E-state index contributed by atoms with van der Waals surface area (Å²) in [6, 6.07) is 15.3. The first-order chi connectivity index (χ1) is 24.0. The van der Waals surface area contributed by atoms with Crippen LogP contribution in [0.25, 0.3) is 11.5 Å². The van der Waals surface area contributed by atoms with Crippen LogP contribution < -0.4 is 19.5 Å². The zero-order chi connectivity index (χ0) is 35.7. The number of aliphatic hydroxyl groups is 1. The fraction of sp³-hybridized carbons (Fsp3) is 0.306. The van der Waals surface area contributed by atoms with Gasteiger partial charge in [0.25, 0.3) is 5.89 Å². The molecule has 260 valence electrons. The van der Waals surface area contributed by atoms with E-state index in [1.165, 1.54) is 38.1 Å². The van der Waals surface area contributed by atoms with Gasteiger partial charge in [-0.2, -0.15) is 0 Å². The van der Waals surface area contributed by atoms with Crippen molar-refractivity contribution in [3.05, 3.63) is 88.0 Å². The molecule has 50 heavy (non-hydrogen) atoms. The van der Waals surface area contributed by atoms with Crippen molar-refractivity contribution in [2.45, 2.75) is 42.6 Å². The molecule has 1 spiro atoms. The molecule has 1 amide bonds. The van der Waals surface area contributed by atoms with Crippen LogP contribution in [-0.2, 0) is 16.0 Å². The van der Waals surface area contributed by atoms with Gasteiger partial charge in [0.15, 0.2) is 17.3 Å². The number of aromatic nitrogens is 2. The van der Waals surface area contributed by atoms with Crippen molar-refractivity contribution < 1.29 is 43.2 Å². The standard InChI is InChI=1S/C36H34ClN3O9S/c1-18-15-24(42)29(33(44)36(18)34(45)30-25(46-2)17-26(47-3)31(37)32(30)49-36)22(19-9-11-20(50-4)12-10-19)16-27(43)38-14-13-28-39-40-35(48-28)21-7-5-6-8-23(21)41/h5-12,17-18,22,41,44H,13-16H2,1-4H3,(H,38,43)/t18-,22?,36+/m1/s1. The summed E-state index contributed by atoms with van der Waals surface area (Å²) < 4.78 is 22.8. The van der Waals surface area contributed by atoms with Gasteiger partial charge in [-0.3, -0.25) is 14.4 Å². The number of hydrogen-bond donors (Lipinski definition) is 3. The summed E-state index contributed by atoms with van der Waals surface area (Å²) >= 11 is 8.12. The van der Waals surface area contributed by atoms with E-state index < -0.39 is 40.7 Å². The molecule has 4 aromatic rings. The number of phenolic OH excluding ortho intramolecular Hbond substituents is 1. The van der Waals surface area contributed by atoms with E-state index in [9.17, 15) is 24.6 Å². The number of carbonyl (C=O) groups excluding carboxylic acids is 3. The van der Waals surface area contributed by atoms with Crippen LogP contribution in [0.3, 0.4) is 0 Å². The van der Waals surface area contributed by atoms with Crippen molar-refractivity contribution in [1.29, 1.82) is 0 Å². The molecule has 0 radical (unpaired) electrons. The van der Waals surface area contributed by atoms with Crippen LogP contribution >= 0.6 is 23.4 Å². The maximum atomic E-state index is 14.3. The first-order valence-corrected chi connectivity index (χ1v) is 17.3. The monoisotopic (exact) mass is 719 g/mol. The molecule has 6 rings (SSSR count). The Kier molecular flexibility index (Phi) is 9.81. The van der Waals surface area contributed by atoms with E-state index in [-0.39, 0.29) is 76.7 Å². The molecule has 12 nitrogen and oxygen atoms in total. The number of ether oxygens (including phenoxy) is 3. The van der Waals surface area contributed by atoms with Crippen LogP contribution in [0.15, 0.2) is 75.2 Å². The highest BCUT2D eigenvalue weighted by atomic mass is 35.5. The first-order valence-electron chi connectivity index (χ1n) is 15.7. The van der Waals surface area contributed by atoms with E-state index in [1.807, 2.05) is 18.4 Å². The molecular formula is C36H34ClN3O9S. The molecule has 0 saturated carbocycles. The number of aromatic hydroxyl groups is 1. The Morgan fingerprint density at radius 3 is 2.50 bits per heavy atom. The summed E-state index contributed by atoms with van der Waals surface area (Å²) in [6.07, 6.45) is 1.74. The van der Waals surface area contributed by atoms with Gasteiger partial charge < -0.3 is 34.2 Å². The molecule has 0 fully saturated rings. The van der Waals surface area contributed by atoms with E-state index in [0.717, 1.165) is 4.90 Å². The Bertz CT molecular complexity index is 2010. The number of allylic oxidation sites excluding steroid dienone is 1. The number of amides is 1. The summed E-state index contributed by atoms with van der Waals surface area (Å²) in [5, 5.41) is 33.0. The number of methoxy groups -OCH3 is 2. The van der Waals surface area contributed by atoms with Crippen LogP contribution in [0.4, 0.5) is 0 Å². The number of rotatable bonds is 11. The maximum Gasteiger partial charge on any atom is 0.251 e. The third-order valence-electron chi connectivity index (χ3n) is 9.03.